The van der Waals surface area contributed by atoms with Gasteiger partial charge in [-0.15, -0.1) is 0 Å². The topological polar surface area (TPSA) is 67.7 Å². The highest BCUT2D eigenvalue weighted by molar-refractivity contribution is 5.80. The van der Waals surface area contributed by atoms with Gasteiger partial charge in [-0.25, -0.2) is 4.98 Å². The lowest BCUT2D eigenvalue weighted by Gasteiger charge is -2.36. The third kappa shape index (κ3) is 4.67. The lowest BCUT2D eigenvalue weighted by Crippen LogP contribution is -2.44. The van der Waals surface area contributed by atoms with Crippen LogP contribution in [0.4, 0.5) is 0 Å². The molecule has 4 rings (SSSR count). The summed E-state index contributed by atoms with van der Waals surface area (Å²) in [5, 5.41) is 0.615. The van der Waals surface area contributed by atoms with Crippen molar-refractivity contribution >= 4 is 16.8 Å². The van der Waals surface area contributed by atoms with Crippen LogP contribution in [0.3, 0.4) is 0 Å². The maximum Gasteiger partial charge on any atom is 0.261 e. The standard InChI is InChI=1S/C22H30N4O3/c1-17-3-2-4-19-21(17)23-16-26(22(19)28)10-7-20(27)25-8-5-18(6-9-25)15-24-11-13-29-14-12-24/h2-4,16,18H,5-15H2,1H3. The van der Waals surface area contributed by atoms with E-state index in [1.54, 1.807) is 17.0 Å². The molecular weight excluding hydrogens is 368 g/mol. The molecule has 2 aromatic rings. The summed E-state index contributed by atoms with van der Waals surface area (Å²) in [4.78, 5) is 34.2. The molecule has 0 bridgehead atoms. The van der Waals surface area contributed by atoms with E-state index in [9.17, 15) is 9.59 Å². The number of carbonyl (C=O) groups is 1. The molecule has 29 heavy (non-hydrogen) atoms. The van der Waals surface area contributed by atoms with E-state index in [2.05, 4.69) is 9.88 Å². The second-order valence-electron chi connectivity index (χ2n) is 8.20. The monoisotopic (exact) mass is 398 g/mol. The Morgan fingerprint density at radius 3 is 2.69 bits per heavy atom. The van der Waals surface area contributed by atoms with Crippen LogP contribution in [0.2, 0.25) is 0 Å². The van der Waals surface area contributed by atoms with Gasteiger partial charge in [-0.3, -0.25) is 19.1 Å². The number of aryl methyl sites for hydroxylation is 2. The summed E-state index contributed by atoms with van der Waals surface area (Å²) >= 11 is 0. The van der Waals surface area contributed by atoms with Gasteiger partial charge in [0.1, 0.15) is 0 Å². The zero-order valence-electron chi connectivity index (χ0n) is 17.2. The van der Waals surface area contributed by atoms with Crippen molar-refractivity contribution in [3.63, 3.8) is 0 Å². The summed E-state index contributed by atoms with van der Waals surface area (Å²) in [7, 11) is 0. The summed E-state index contributed by atoms with van der Waals surface area (Å²) in [6.07, 6.45) is 4.02. The Morgan fingerprint density at radius 2 is 1.93 bits per heavy atom. The highest BCUT2D eigenvalue weighted by Crippen LogP contribution is 2.20. The normalized spacial score (nSPS) is 19.0. The van der Waals surface area contributed by atoms with Gasteiger partial charge in [0, 0.05) is 45.7 Å². The number of likely N-dealkylation sites (tertiary alicyclic amines) is 1. The van der Waals surface area contributed by atoms with Crippen molar-refractivity contribution in [3.05, 3.63) is 40.4 Å². The van der Waals surface area contributed by atoms with Crippen LogP contribution in [0.15, 0.2) is 29.3 Å². The number of rotatable bonds is 5. The molecule has 1 aromatic heterocycles. The zero-order chi connectivity index (χ0) is 20.2. The minimum atomic E-state index is -0.0734. The Hall–Kier alpha value is -2.25. The van der Waals surface area contributed by atoms with Gasteiger partial charge in [0.05, 0.1) is 30.4 Å². The second-order valence-corrected chi connectivity index (χ2v) is 8.20. The van der Waals surface area contributed by atoms with Crippen molar-refractivity contribution in [1.82, 2.24) is 19.4 Å². The molecule has 3 heterocycles. The molecule has 0 atom stereocenters. The SMILES string of the molecule is Cc1cccc2c(=O)n(CCC(=O)N3CCC(CN4CCOCC4)CC3)cnc12. The first-order chi connectivity index (χ1) is 14.1. The molecule has 1 aromatic carbocycles. The Bertz CT molecular complexity index is 912. The molecule has 2 saturated heterocycles. The zero-order valence-corrected chi connectivity index (χ0v) is 17.2. The highest BCUT2D eigenvalue weighted by atomic mass is 16.5. The number of aromatic nitrogens is 2. The number of fused-ring (bicyclic) bond motifs is 1. The maximum atomic E-state index is 12.7. The van der Waals surface area contributed by atoms with E-state index in [4.69, 9.17) is 4.74 Å². The highest BCUT2D eigenvalue weighted by Gasteiger charge is 2.24. The van der Waals surface area contributed by atoms with Gasteiger partial charge in [-0.2, -0.15) is 0 Å². The molecule has 1 amide bonds. The minimum absolute atomic E-state index is 0.0734. The van der Waals surface area contributed by atoms with Crippen LogP contribution in [-0.4, -0.2) is 71.2 Å². The maximum absolute atomic E-state index is 12.7. The summed E-state index contributed by atoms with van der Waals surface area (Å²) in [6, 6.07) is 5.62. The number of ether oxygens (including phenoxy) is 1. The Kier molecular flexibility index (Phi) is 6.25. The van der Waals surface area contributed by atoms with E-state index in [1.165, 1.54) is 0 Å². The van der Waals surface area contributed by atoms with Gasteiger partial charge >= 0.3 is 0 Å². The van der Waals surface area contributed by atoms with E-state index in [1.807, 2.05) is 24.0 Å². The van der Waals surface area contributed by atoms with Crippen LogP contribution < -0.4 is 5.56 Å². The number of morpholine rings is 1. The number of piperidine rings is 1. The number of hydrogen-bond acceptors (Lipinski definition) is 5. The predicted octanol–water partition coefficient (Wildman–Crippen LogP) is 1.67. The molecular formula is C22H30N4O3. The fourth-order valence-electron chi connectivity index (χ4n) is 4.38. The van der Waals surface area contributed by atoms with E-state index >= 15 is 0 Å². The number of nitrogens with zero attached hydrogens (tertiary/aromatic N) is 4. The van der Waals surface area contributed by atoms with Crippen molar-refractivity contribution < 1.29 is 9.53 Å². The average Bonchev–Trinajstić information content (AvgIpc) is 2.75. The van der Waals surface area contributed by atoms with Gasteiger partial charge in [0.2, 0.25) is 5.91 Å². The van der Waals surface area contributed by atoms with Crippen LogP contribution >= 0.6 is 0 Å². The number of benzene rings is 1. The van der Waals surface area contributed by atoms with E-state index in [0.29, 0.717) is 24.3 Å². The summed E-state index contributed by atoms with van der Waals surface area (Å²) < 4.78 is 6.98. The van der Waals surface area contributed by atoms with Gasteiger partial charge in [0.25, 0.3) is 5.56 Å². The summed E-state index contributed by atoms with van der Waals surface area (Å²) in [5.74, 6) is 0.791. The molecule has 156 valence electrons. The molecule has 0 spiro atoms. The first-order valence-electron chi connectivity index (χ1n) is 10.6. The van der Waals surface area contributed by atoms with Crippen molar-refractivity contribution in [3.8, 4) is 0 Å². The summed E-state index contributed by atoms with van der Waals surface area (Å²) in [5.41, 5.74) is 1.65. The van der Waals surface area contributed by atoms with Crippen LogP contribution in [0.25, 0.3) is 10.9 Å². The Morgan fingerprint density at radius 1 is 1.17 bits per heavy atom. The van der Waals surface area contributed by atoms with Crippen LogP contribution in [0, 0.1) is 12.8 Å². The molecule has 7 nitrogen and oxygen atoms in total. The molecule has 7 heteroatoms. The van der Waals surface area contributed by atoms with Crippen LogP contribution in [0.1, 0.15) is 24.8 Å². The van der Waals surface area contributed by atoms with Crippen molar-refractivity contribution in [2.45, 2.75) is 32.7 Å². The quantitative estimate of drug-likeness (QED) is 0.766. The van der Waals surface area contributed by atoms with Crippen molar-refractivity contribution in [2.24, 2.45) is 5.92 Å². The van der Waals surface area contributed by atoms with Crippen LogP contribution in [0.5, 0.6) is 0 Å². The van der Waals surface area contributed by atoms with Crippen LogP contribution in [-0.2, 0) is 16.1 Å². The largest absolute Gasteiger partial charge is 0.379 e. The van der Waals surface area contributed by atoms with Gasteiger partial charge < -0.3 is 9.64 Å². The fraction of sp³-hybridized carbons (Fsp3) is 0.591. The lowest BCUT2D eigenvalue weighted by molar-refractivity contribution is -0.133. The van der Waals surface area contributed by atoms with E-state index in [-0.39, 0.29) is 11.5 Å². The molecule has 2 aliphatic heterocycles. The second kappa shape index (κ2) is 9.05. The molecule has 2 aliphatic rings. The number of hydrogen-bond donors (Lipinski definition) is 0. The lowest BCUT2D eigenvalue weighted by atomic mass is 9.96. The number of para-hydroxylation sites is 1. The smallest absolute Gasteiger partial charge is 0.261 e. The van der Waals surface area contributed by atoms with Crippen molar-refractivity contribution in [1.29, 1.82) is 0 Å². The fourth-order valence-corrected chi connectivity index (χ4v) is 4.38. The van der Waals surface area contributed by atoms with E-state index < -0.39 is 0 Å². The average molecular weight is 399 g/mol. The third-order valence-corrected chi connectivity index (χ3v) is 6.21. The van der Waals surface area contributed by atoms with Gasteiger partial charge in [-0.05, 0) is 37.3 Å². The third-order valence-electron chi connectivity index (χ3n) is 6.21. The van der Waals surface area contributed by atoms with Gasteiger partial charge in [-0.1, -0.05) is 12.1 Å². The predicted molar refractivity (Wildman–Crippen MR) is 112 cm³/mol. The Balaban J connectivity index is 1.29. The number of carbonyl (C=O) groups excluding carboxylic acids is 1. The van der Waals surface area contributed by atoms with Gasteiger partial charge in [0.15, 0.2) is 0 Å². The van der Waals surface area contributed by atoms with Crippen molar-refractivity contribution in [2.75, 3.05) is 45.9 Å². The first-order valence-corrected chi connectivity index (χ1v) is 10.6. The molecule has 0 N–H and O–H groups in total. The van der Waals surface area contributed by atoms with E-state index in [0.717, 1.165) is 69.9 Å². The summed E-state index contributed by atoms with van der Waals surface area (Å²) in [6.45, 7) is 8.78. The first kappa shape index (κ1) is 20.0. The molecule has 2 fully saturated rings. The molecule has 0 unspecified atom stereocenters. The minimum Gasteiger partial charge on any atom is -0.379 e. The molecule has 0 radical (unpaired) electrons. The molecule has 0 aliphatic carbocycles. The Labute approximate surface area is 171 Å². The number of amides is 1. The molecule has 0 saturated carbocycles.